The van der Waals surface area contributed by atoms with Crippen LogP contribution in [0.2, 0.25) is 0 Å². The van der Waals surface area contributed by atoms with Crippen LogP contribution in [0.5, 0.6) is 5.75 Å². The minimum Gasteiger partial charge on any atom is -0.494 e. The number of halogens is 1. The van der Waals surface area contributed by atoms with Gasteiger partial charge in [0.05, 0.1) is 7.11 Å². The van der Waals surface area contributed by atoms with E-state index in [1.165, 1.54) is 0 Å². The van der Waals surface area contributed by atoms with Crippen LogP contribution in [-0.2, 0) is 0 Å². The van der Waals surface area contributed by atoms with E-state index in [2.05, 4.69) is 27.6 Å². The van der Waals surface area contributed by atoms with Crippen molar-refractivity contribution < 1.29 is 4.74 Å². The van der Waals surface area contributed by atoms with E-state index >= 15 is 0 Å². The van der Waals surface area contributed by atoms with Gasteiger partial charge in [-0.2, -0.15) is 0 Å². The summed E-state index contributed by atoms with van der Waals surface area (Å²) >= 11 is 2.15. The van der Waals surface area contributed by atoms with Gasteiger partial charge in [0, 0.05) is 5.69 Å². The molecule has 1 aromatic rings. The lowest BCUT2D eigenvalue weighted by atomic mass is 10.4. The molecule has 3 heteroatoms. The second kappa shape index (κ2) is 3.18. The van der Waals surface area contributed by atoms with E-state index in [1.807, 2.05) is 19.1 Å². The molecule has 1 aromatic heterocycles. The van der Waals surface area contributed by atoms with Crippen LogP contribution < -0.4 is 4.74 Å². The van der Waals surface area contributed by atoms with Crippen molar-refractivity contribution in [2.45, 2.75) is 6.92 Å². The first-order valence-electron chi connectivity index (χ1n) is 2.91. The van der Waals surface area contributed by atoms with Crippen molar-refractivity contribution in [1.82, 2.24) is 4.98 Å². The fourth-order valence-corrected chi connectivity index (χ4v) is 1.44. The first-order valence-corrected chi connectivity index (χ1v) is 3.99. The Labute approximate surface area is 73.8 Å². The molecule has 10 heavy (non-hydrogen) atoms. The van der Waals surface area contributed by atoms with Crippen LogP contribution in [0.15, 0.2) is 12.1 Å². The van der Waals surface area contributed by atoms with Gasteiger partial charge in [-0.05, 0) is 41.6 Å². The summed E-state index contributed by atoms with van der Waals surface area (Å²) in [4.78, 5) is 4.21. The van der Waals surface area contributed by atoms with Crippen LogP contribution in [0.25, 0.3) is 0 Å². The summed E-state index contributed by atoms with van der Waals surface area (Å²) in [5, 5.41) is 0. The normalized spacial score (nSPS) is 9.50. The zero-order valence-corrected chi connectivity index (χ0v) is 8.05. The summed E-state index contributed by atoms with van der Waals surface area (Å²) in [5.41, 5.74) is 1.02. The molecule has 0 atom stereocenters. The van der Waals surface area contributed by atoms with Gasteiger partial charge in [0.25, 0.3) is 0 Å². The molecule has 0 aliphatic heterocycles. The van der Waals surface area contributed by atoms with Crippen molar-refractivity contribution in [2.24, 2.45) is 0 Å². The van der Waals surface area contributed by atoms with Crippen LogP contribution in [0.4, 0.5) is 0 Å². The highest BCUT2D eigenvalue weighted by Gasteiger charge is 1.98. The number of hydrogen-bond donors (Lipinski definition) is 0. The van der Waals surface area contributed by atoms with Gasteiger partial charge in [0.1, 0.15) is 3.70 Å². The molecule has 2 nitrogen and oxygen atoms in total. The maximum Gasteiger partial charge on any atom is 0.150 e. The fourth-order valence-electron chi connectivity index (χ4n) is 0.665. The lowest BCUT2D eigenvalue weighted by Crippen LogP contribution is -1.90. The highest BCUT2D eigenvalue weighted by molar-refractivity contribution is 14.1. The number of nitrogens with zero attached hydrogens (tertiary/aromatic N) is 1. The maximum atomic E-state index is 5.03. The van der Waals surface area contributed by atoms with Crippen molar-refractivity contribution in [2.75, 3.05) is 7.11 Å². The summed E-state index contributed by atoms with van der Waals surface area (Å²) in [6.45, 7) is 1.96. The zero-order valence-electron chi connectivity index (χ0n) is 5.89. The largest absolute Gasteiger partial charge is 0.494 e. The summed E-state index contributed by atoms with van der Waals surface area (Å²) in [6.07, 6.45) is 0. The molecular formula is C7H8INO. The molecule has 0 amide bonds. The Morgan fingerprint density at radius 3 is 2.70 bits per heavy atom. The first kappa shape index (κ1) is 7.78. The molecule has 0 bridgehead atoms. The average molecular weight is 249 g/mol. The molecule has 0 aliphatic carbocycles. The summed E-state index contributed by atoms with van der Waals surface area (Å²) in [6, 6.07) is 3.85. The summed E-state index contributed by atoms with van der Waals surface area (Å²) in [5.74, 6) is 0.839. The Hall–Kier alpha value is -0.320. The van der Waals surface area contributed by atoms with Gasteiger partial charge >= 0.3 is 0 Å². The Morgan fingerprint density at radius 1 is 1.50 bits per heavy atom. The smallest absolute Gasteiger partial charge is 0.150 e. The Morgan fingerprint density at radius 2 is 2.20 bits per heavy atom. The van der Waals surface area contributed by atoms with E-state index in [0.29, 0.717) is 0 Å². The van der Waals surface area contributed by atoms with Crippen LogP contribution in [-0.4, -0.2) is 12.1 Å². The SMILES string of the molecule is COc1ccc(C)nc1I. The van der Waals surface area contributed by atoms with Crippen LogP contribution >= 0.6 is 22.6 Å². The van der Waals surface area contributed by atoms with Crippen molar-refractivity contribution >= 4 is 22.6 Å². The van der Waals surface area contributed by atoms with E-state index in [-0.39, 0.29) is 0 Å². The summed E-state index contributed by atoms with van der Waals surface area (Å²) in [7, 11) is 1.65. The number of rotatable bonds is 1. The van der Waals surface area contributed by atoms with E-state index in [0.717, 1.165) is 15.1 Å². The van der Waals surface area contributed by atoms with Crippen molar-refractivity contribution in [3.8, 4) is 5.75 Å². The minimum atomic E-state index is 0.839. The van der Waals surface area contributed by atoms with E-state index in [9.17, 15) is 0 Å². The molecule has 0 fully saturated rings. The average Bonchev–Trinajstić information content (AvgIpc) is 1.88. The van der Waals surface area contributed by atoms with Gasteiger partial charge in [-0.3, -0.25) is 0 Å². The van der Waals surface area contributed by atoms with E-state index in [1.54, 1.807) is 7.11 Å². The topological polar surface area (TPSA) is 22.1 Å². The maximum absolute atomic E-state index is 5.03. The van der Waals surface area contributed by atoms with Gasteiger partial charge in [-0.15, -0.1) is 0 Å². The highest BCUT2D eigenvalue weighted by Crippen LogP contribution is 2.17. The third-order valence-corrected chi connectivity index (χ3v) is 1.95. The number of ether oxygens (including phenoxy) is 1. The third kappa shape index (κ3) is 1.59. The molecule has 1 heterocycles. The molecule has 0 aromatic carbocycles. The monoisotopic (exact) mass is 249 g/mol. The predicted octanol–water partition coefficient (Wildman–Crippen LogP) is 2.00. The van der Waals surface area contributed by atoms with Gasteiger partial charge in [0.2, 0.25) is 0 Å². The zero-order chi connectivity index (χ0) is 7.56. The van der Waals surface area contributed by atoms with Crippen LogP contribution in [0.1, 0.15) is 5.69 Å². The van der Waals surface area contributed by atoms with Crippen LogP contribution in [0, 0.1) is 10.6 Å². The standard InChI is InChI=1S/C7H8INO/c1-5-3-4-6(10-2)7(8)9-5/h3-4H,1-2H3. The van der Waals surface area contributed by atoms with Crippen LogP contribution in [0.3, 0.4) is 0 Å². The Bertz CT molecular complexity index is 237. The second-order valence-electron chi connectivity index (χ2n) is 1.95. The van der Waals surface area contributed by atoms with E-state index < -0.39 is 0 Å². The van der Waals surface area contributed by atoms with Crippen molar-refractivity contribution in [3.63, 3.8) is 0 Å². The number of methoxy groups -OCH3 is 1. The van der Waals surface area contributed by atoms with Gasteiger partial charge in [0.15, 0.2) is 5.75 Å². The lowest BCUT2D eigenvalue weighted by molar-refractivity contribution is 0.409. The third-order valence-electron chi connectivity index (χ3n) is 1.17. The van der Waals surface area contributed by atoms with Crippen molar-refractivity contribution in [1.29, 1.82) is 0 Å². The Balaban J connectivity index is 3.07. The molecule has 0 aliphatic rings. The van der Waals surface area contributed by atoms with E-state index in [4.69, 9.17) is 4.74 Å². The molecule has 0 N–H and O–H groups in total. The quantitative estimate of drug-likeness (QED) is 0.561. The number of pyridine rings is 1. The molecule has 0 spiro atoms. The van der Waals surface area contributed by atoms with Gasteiger partial charge in [-0.25, -0.2) is 4.98 Å². The molecule has 0 saturated carbocycles. The first-order chi connectivity index (χ1) is 4.74. The fraction of sp³-hybridized carbons (Fsp3) is 0.286. The highest BCUT2D eigenvalue weighted by atomic mass is 127. The van der Waals surface area contributed by atoms with Gasteiger partial charge in [-0.1, -0.05) is 0 Å². The van der Waals surface area contributed by atoms with Gasteiger partial charge < -0.3 is 4.74 Å². The lowest BCUT2D eigenvalue weighted by Gasteiger charge is -2.01. The Kier molecular flexibility index (Phi) is 2.48. The minimum absolute atomic E-state index is 0.839. The molecule has 1 rings (SSSR count). The second-order valence-corrected chi connectivity index (χ2v) is 2.97. The van der Waals surface area contributed by atoms with Crippen molar-refractivity contribution in [3.05, 3.63) is 21.5 Å². The molecule has 0 unspecified atom stereocenters. The summed E-state index contributed by atoms with van der Waals surface area (Å²) < 4.78 is 5.95. The molecule has 0 radical (unpaired) electrons. The number of hydrogen-bond acceptors (Lipinski definition) is 2. The molecule has 54 valence electrons. The number of aromatic nitrogens is 1. The predicted molar refractivity (Wildman–Crippen MR) is 48.2 cm³/mol. The molecular weight excluding hydrogens is 241 g/mol. The molecule has 0 saturated heterocycles. The number of aryl methyl sites for hydroxylation is 1.